The predicted octanol–water partition coefficient (Wildman–Crippen LogP) is 2.46. The maximum Gasteiger partial charge on any atom is 0.230 e. The molecule has 0 spiro atoms. The smallest absolute Gasteiger partial charge is 0.230 e. The van der Waals surface area contributed by atoms with Gasteiger partial charge >= 0.3 is 0 Å². The normalized spacial score (nSPS) is 14.3. The summed E-state index contributed by atoms with van der Waals surface area (Å²) in [6.45, 7) is 1.41. The summed E-state index contributed by atoms with van der Waals surface area (Å²) in [4.78, 5) is 14.2. The van der Waals surface area contributed by atoms with Crippen molar-refractivity contribution < 1.29 is 9.53 Å². The molecule has 0 unspecified atom stereocenters. The van der Waals surface area contributed by atoms with Crippen LogP contribution in [0.15, 0.2) is 48.5 Å². The molecule has 2 aromatic rings. The zero-order valence-corrected chi connectivity index (χ0v) is 11.8. The van der Waals surface area contributed by atoms with Crippen molar-refractivity contribution in [3.63, 3.8) is 0 Å². The molecule has 1 heterocycles. The number of fused-ring (bicyclic) bond motifs is 1. The molecule has 0 saturated carbocycles. The van der Waals surface area contributed by atoms with Gasteiger partial charge < -0.3 is 15.4 Å². The first-order valence-electron chi connectivity index (χ1n) is 7.08. The van der Waals surface area contributed by atoms with E-state index >= 15 is 0 Å². The lowest BCUT2D eigenvalue weighted by Crippen LogP contribution is -2.30. The van der Waals surface area contributed by atoms with Crippen LogP contribution in [-0.2, 0) is 17.9 Å². The van der Waals surface area contributed by atoms with Crippen LogP contribution in [0.5, 0.6) is 5.75 Å². The van der Waals surface area contributed by atoms with Crippen molar-refractivity contribution >= 4 is 11.6 Å². The molecule has 0 radical (unpaired) electrons. The van der Waals surface area contributed by atoms with Gasteiger partial charge in [-0.05, 0) is 23.3 Å². The Morgan fingerprint density at radius 1 is 1.05 bits per heavy atom. The Kier molecular flexibility index (Phi) is 3.88. The van der Waals surface area contributed by atoms with Gasteiger partial charge in [0, 0.05) is 6.54 Å². The minimum atomic E-state index is 0.0757. The largest absolute Gasteiger partial charge is 0.491 e. The first-order valence-corrected chi connectivity index (χ1v) is 7.08. The van der Waals surface area contributed by atoms with Crippen molar-refractivity contribution in [1.82, 2.24) is 0 Å². The van der Waals surface area contributed by atoms with E-state index in [1.807, 2.05) is 48.5 Å². The number of carbonyl (C=O) groups excluding carboxylic acids is 1. The molecule has 0 saturated heterocycles. The highest BCUT2D eigenvalue weighted by molar-refractivity contribution is 5.95. The molecule has 2 N–H and O–H groups in total. The maximum atomic E-state index is 12.4. The van der Waals surface area contributed by atoms with Crippen molar-refractivity contribution in [2.45, 2.75) is 19.5 Å². The van der Waals surface area contributed by atoms with E-state index in [0.29, 0.717) is 26.1 Å². The second kappa shape index (κ2) is 5.97. The number of ether oxygens (including phenoxy) is 1. The van der Waals surface area contributed by atoms with Crippen molar-refractivity contribution in [2.75, 3.05) is 11.5 Å². The fourth-order valence-electron chi connectivity index (χ4n) is 2.57. The number of nitrogens with zero attached hydrogens (tertiary/aromatic N) is 1. The van der Waals surface area contributed by atoms with E-state index in [4.69, 9.17) is 10.5 Å². The Morgan fingerprint density at radius 3 is 2.57 bits per heavy atom. The minimum absolute atomic E-state index is 0.0757. The third-order valence-electron chi connectivity index (χ3n) is 3.70. The summed E-state index contributed by atoms with van der Waals surface area (Å²) in [7, 11) is 0. The molecule has 0 bridgehead atoms. The van der Waals surface area contributed by atoms with Gasteiger partial charge in [0.15, 0.2) is 0 Å². The van der Waals surface area contributed by atoms with E-state index in [1.54, 1.807) is 4.90 Å². The summed E-state index contributed by atoms with van der Waals surface area (Å²) in [6, 6.07) is 15.6. The van der Waals surface area contributed by atoms with Gasteiger partial charge in [-0.3, -0.25) is 4.79 Å². The highest BCUT2D eigenvalue weighted by Gasteiger charge is 2.23. The number of para-hydroxylation sites is 2. The molecule has 0 atom stereocenters. The Balaban J connectivity index is 1.98. The standard InChI is InChI=1S/C17H18N2O2/c18-11-13-5-1-2-6-14(13)12-19-15-7-3-4-8-16(15)21-10-9-17(19)20/h1-8H,9-12,18H2. The zero-order chi connectivity index (χ0) is 14.7. The van der Waals surface area contributed by atoms with Crippen LogP contribution in [0.1, 0.15) is 17.5 Å². The maximum absolute atomic E-state index is 12.4. The first kappa shape index (κ1) is 13.6. The molecule has 3 rings (SSSR count). The summed E-state index contributed by atoms with van der Waals surface area (Å²) in [5, 5.41) is 0. The van der Waals surface area contributed by atoms with E-state index < -0.39 is 0 Å². The number of hydrogen-bond acceptors (Lipinski definition) is 3. The van der Waals surface area contributed by atoms with Gasteiger partial charge in [-0.15, -0.1) is 0 Å². The fourth-order valence-corrected chi connectivity index (χ4v) is 2.57. The van der Waals surface area contributed by atoms with Crippen LogP contribution in [0.4, 0.5) is 5.69 Å². The molecule has 1 aliphatic heterocycles. The van der Waals surface area contributed by atoms with Crippen LogP contribution in [0.25, 0.3) is 0 Å². The summed E-state index contributed by atoms with van der Waals surface area (Å²) < 4.78 is 5.66. The van der Waals surface area contributed by atoms with Gasteiger partial charge in [-0.1, -0.05) is 36.4 Å². The molecule has 1 aliphatic rings. The molecule has 21 heavy (non-hydrogen) atoms. The van der Waals surface area contributed by atoms with Gasteiger partial charge in [0.2, 0.25) is 5.91 Å². The molecule has 0 aliphatic carbocycles. The first-order chi connectivity index (χ1) is 10.3. The SMILES string of the molecule is NCc1ccccc1CN1C(=O)CCOc2ccccc21. The van der Waals surface area contributed by atoms with Crippen LogP contribution in [0.2, 0.25) is 0 Å². The van der Waals surface area contributed by atoms with Crippen LogP contribution in [0, 0.1) is 0 Å². The molecule has 4 nitrogen and oxygen atoms in total. The third-order valence-corrected chi connectivity index (χ3v) is 3.70. The zero-order valence-electron chi connectivity index (χ0n) is 11.8. The topological polar surface area (TPSA) is 55.6 Å². The highest BCUT2D eigenvalue weighted by atomic mass is 16.5. The summed E-state index contributed by atoms with van der Waals surface area (Å²) in [5.74, 6) is 0.834. The van der Waals surface area contributed by atoms with Crippen LogP contribution >= 0.6 is 0 Å². The monoisotopic (exact) mass is 282 g/mol. The van der Waals surface area contributed by atoms with Crippen LogP contribution < -0.4 is 15.4 Å². The second-order valence-corrected chi connectivity index (χ2v) is 5.02. The number of benzene rings is 2. The second-order valence-electron chi connectivity index (χ2n) is 5.02. The molecule has 108 valence electrons. The number of amides is 1. The number of anilines is 1. The number of carbonyl (C=O) groups is 1. The Bertz CT molecular complexity index is 655. The Labute approximate surface area is 124 Å². The number of rotatable bonds is 3. The number of hydrogen-bond donors (Lipinski definition) is 1. The molecule has 2 aromatic carbocycles. The van der Waals surface area contributed by atoms with Crippen molar-refractivity contribution in [1.29, 1.82) is 0 Å². The summed E-state index contributed by atoms with van der Waals surface area (Å²) in [5.41, 5.74) is 8.75. The minimum Gasteiger partial charge on any atom is -0.491 e. The van der Waals surface area contributed by atoms with E-state index in [-0.39, 0.29) is 5.91 Å². The van der Waals surface area contributed by atoms with Gasteiger partial charge in [-0.25, -0.2) is 0 Å². The molecule has 4 heteroatoms. The number of nitrogens with two attached hydrogens (primary N) is 1. The van der Waals surface area contributed by atoms with Gasteiger partial charge in [0.25, 0.3) is 0 Å². The highest BCUT2D eigenvalue weighted by Crippen LogP contribution is 2.32. The lowest BCUT2D eigenvalue weighted by atomic mass is 10.1. The fraction of sp³-hybridized carbons (Fsp3) is 0.235. The lowest BCUT2D eigenvalue weighted by Gasteiger charge is -2.23. The van der Waals surface area contributed by atoms with Crippen molar-refractivity contribution in [3.8, 4) is 5.75 Å². The Morgan fingerprint density at radius 2 is 1.76 bits per heavy atom. The van der Waals surface area contributed by atoms with Gasteiger partial charge in [0.1, 0.15) is 5.75 Å². The molecular weight excluding hydrogens is 264 g/mol. The van der Waals surface area contributed by atoms with E-state index in [9.17, 15) is 4.79 Å². The average molecular weight is 282 g/mol. The van der Waals surface area contributed by atoms with Crippen LogP contribution in [-0.4, -0.2) is 12.5 Å². The average Bonchev–Trinajstić information content (AvgIpc) is 2.68. The van der Waals surface area contributed by atoms with Crippen molar-refractivity contribution in [2.24, 2.45) is 5.73 Å². The molecule has 1 amide bonds. The summed E-state index contributed by atoms with van der Waals surface area (Å²) >= 11 is 0. The van der Waals surface area contributed by atoms with Crippen molar-refractivity contribution in [3.05, 3.63) is 59.7 Å². The third kappa shape index (κ3) is 2.76. The quantitative estimate of drug-likeness (QED) is 0.941. The molecular formula is C17H18N2O2. The summed E-state index contributed by atoms with van der Waals surface area (Å²) in [6.07, 6.45) is 0.388. The predicted molar refractivity (Wildman–Crippen MR) is 82.1 cm³/mol. The van der Waals surface area contributed by atoms with E-state index in [2.05, 4.69) is 0 Å². The van der Waals surface area contributed by atoms with E-state index in [1.165, 1.54) is 0 Å². The van der Waals surface area contributed by atoms with Gasteiger partial charge in [-0.2, -0.15) is 0 Å². The van der Waals surface area contributed by atoms with E-state index in [0.717, 1.165) is 22.6 Å². The Hall–Kier alpha value is -2.33. The molecule has 0 aromatic heterocycles. The lowest BCUT2D eigenvalue weighted by molar-refractivity contribution is -0.118. The van der Waals surface area contributed by atoms with Gasteiger partial charge in [0.05, 0.1) is 25.3 Å². The van der Waals surface area contributed by atoms with Crippen LogP contribution in [0.3, 0.4) is 0 Å². The molecule has 0 fully saturated rings.